The van der Waals surface area contributed by atoms with Gasteiger partial charge in [0, 0.05) is 18.2 Å². The van der Waals surface area contributed by atoms with Crippen LogP contribution in [-0.2, 0) is 11.3 Å². The van der Waals surface area contributed by atoms with Gasteiger partial charge in [0.15, 0.2) is 0 Å². The average Bonchev–Trinajstić information content (AvgIpc) is 2.95. The summed E-state index contributed by atoms with van der Waals surface area (Å²) in [6.45, 7) is 1.01. The second-order valence-electron chi connectivity index (χ2n) is 5.84. The third kappa shape index (κ3) is 3.61. The molecule has 1 heterocycles. The Morgan fingerprint density at radius 2 is 1.96 bits per heavy atom. The Hall–Kier alpha value is -2.54. The predicted octanol–water partition coefficient (Wildman–Crippen LogP) is 1.44. The van der Waals surface area contributed by atoms with Crippen LogP contribution in [0.4, 0.5) is 10.1 Å². The Bertz CT molecular complexity index is 800. The lowest BCUT2D eigenvalue weighted by Gasteiger charge is -2.20. The fourth-order valence-electron chi connectivity index (χ4n) is 2.89. The molecular weight excluding hydrogens is 322 g/mol. The van der Waals surface area contributed by atoms with Crippen molar-refractivity contribution in [1.82, 2.24) is 4.90 Å². The summed E-state index contributed by atoms with van der Waals surface area (Å²) < 4.78 is 24.7. The molecule has 0 N–H and O–H groups in total. The zero-order valence-corrected chi connectivity index (χ0v) is 14.2. The minimum Gasteiger partial charge on any atom is -0.497 e. The summed E-state index contributed by atoms with van der Waals surface area (Å²) >= 11 is 0. The first-order valence-corrected chi connectivity index (χ1v) is 7.80. The molecule has 1 amide bonds. The van der Waals surface area contributed by atoms with E-state index in [4.69, 9.17) is 17.3 Å². The van der Waals surface area contributed by atoms with E-state index in [1.54, 1.807) is 26.4 Å². The van der Waals surface area contributed by atoms with Crippen LogP contribution in [0.2, 0.25) is 0 Å². The number of nitrogens with zero attached hydrogens (tertiary/aromatic N) is 2. The van der Waals surface area contributed by atoms with E-state index in [-0.39, 0.29) is 18.1 Å². The number of rotatable bonds is 5. The van der Waals surface area contributed by atoms with Crippen molar-refractivity contribution in [3.05, 3.63) is 47.8 Å². The SMILES string of the molecule is [B]c1ccc(N2CN(Cc3ccc(OC)cc3OC)CC2=O)c(F)c1. The summed E-state index contributed by atoms with van der Waals surface area (Å²) in [5, 5.41) is 0. The number of anilines is 1. The molecule has 2 aromatic rings. The number of carbonyl (C=O) groups excluding carboxylic acids is 1. The number of hydrogen-bond acceptors (Lipinski definition) is 4. The number of hydrogen-bond donors (Lipinski definition) is 0. The Morgan fingerprint density at radius 3 is 2.64 bits per heavy atom. The quantitative estimate of drug-likeness (QED) is 0.773. The van der Waals surface area contributed by atoms with Gasteiger partial charge in [-0.05, 0) is 18.2 Å². The fraction of sp³-hybridized carbons (Fsp3) is 0.278. The van der Waals surface area contributed by atoms with E-state index < -0.39 is 5.82 Å². The van der Waals surface area contributed by atoms with Crippen LogP contribution in [0.3, 0.4) is 0 Å². The number of halogens is 1. The van der Waals surface area contributed by atoms with Crippen molar-refractivity contribution in [2.24, 2.45) is 0 Å². The van der Waals surface area contributed by atoms with Crippen molar-refractivity contribution in [2.75, 3.05) is 32.3 Å². The van der Waals surface area contributed by atoms with Crippen LogP contribution < -0.4 is 19.8 Å². The second-order valence-corrected chi connectivity index (χ2v) is 5.84. The lowest BCUT2D eigenvalue weighted by molar-refractivity contribution is -0.116. The molecule has 2 aromatic carbocycles. The average molecular weight is 340 g/mol. The molecule has 0 spiro atoms. The van der Waals surface area contributed by atoms with E-state index in [0.717, 1.165) is 5.56 Å². The zero-order valence-electron chi connectivity index (χ0n) is 14.2. The lowest BCUT2D eigenvalue weighted by Crippen LogP contribution is -2.28. The highest BCUT2D eigenvalue weighted by molar-refractivity contribution is 6.32. The number of ether oxygens (including phenoxy) is 2. The molecule has 128 valence electrons. The molecule has 3 rings (SSSR count). The van der Waals surface area contributed by atoms with Crippen LogP contribution in [-0.4, -0.2) is 46.1 Å². The van der Waals surface area contributed by atoms with E-state index in [9.17, 15) is 9.18 Å². The van der Waals surface area contributed by atoms with Gasteiger partial charge in [0.05, 0.1) is 33.1 Å². The maximum atomic E-state index is 14.1. The zero-order chi connectivity index (χ0) is 18.0. The van der Waals surface area contributed by atoms with Crippen molar-refractivity contribution in [2.45, 2.75) is 6.54 Å². The third-order valence-electron chi connectivity index (χ3n) is 4.15. The van der Waals surface area contributed by atoms with Crippen molar-refractivity contribution in [1.29, 1.82) is 0 Å². The van der Waals surface area contributed by atoms with E-state index in [0.29, 0.717) is 30.2 Å². The Morgan fingerprint density at radius 1 is 1.16 bits per heavy atom. The minimum absolute atomic E-state index is 0.156. The number of carbonyl (C=O) groups is 1. The van der Waals surface area contributed by atoms with E-state index in [1.807, 2.05) is 17.0 Å². The largest absolute Gasteiger partial charge is 0.497 e. The summed E-state index contributed by atoms with van der Waals surface area (Å²) in [6.07, 6.45) is 0. The second kappa shape index (κ2) is 7.15. The molecular formula is C18H18BFN2O3. The Kier molecular flexibility index (Phi) is 4.94. The molecule has 7 heteroatoms. The number of methoxy groups -OCH3 is 2. The smallest absolute Gasteiger partial charge is 0.242 e. The lowest BCUT2D eigenvalue weighted by atomic mass is 9.96. The molecule has 1 aliphatic rings. The summed E-state index contributed by atoms with van der Waals surface area (Å²) in [6, 6.07) is 9.87. The van der Waals surface area contributed by atoms with Crippen molar-refractivity contribution in [3.63, 3.8) is 0 Å². The van der Waals surface area contributed by atoms with Gasteiger partial charge >= 0.3 is 0 Å². The number of benzene rings is 2. The van der Waals surface area contributed by atoms with Crippen LogP contribution in [0.5, 0.6) is 11.5 Å². The first kappa shape index (κ1) is 17.3. The maximum Gasteiger partial charge on any atom is 0.242 e. The van der Waals surface area contributed by atoms with Crippen LogP contribution >= 0.6 is 0 Å². The summed E-state index contributed by atoms with van der Waals surface area (Å²) in [5.74, 6) is 0.723. The van der Waals surface area contributed by atoms with Gasteiger partial charge in [-0.2, -0.15) is 0 Å². The monoisotopic (exact) mass is 340 g/mol. The Labute approximate surface area is 147 Å². The van der Waals surface area contributed by atoms with Crippen molar-refractivity contribution < 1.29 is 18.7 Å². The van der Waals surface area contributed by atoms with Crippen molar-refractivity contribution >= 4 is 24.9 Å². The summed E-state index contributed by atoms with van der Waals surface area (Å²) in [7, 11) is 8.74. The standard InChI is InChI=1S/C18H18BFN2O3/c1-24-14-5-3-12(17(8-14)25-2)9-21-10-18(23)22(11-21)16-6-4-13(19)7-15(16)20/h3-8H,9-11H2,1-2H3. The highest BCUT2D eigenvalue weighted by Crippen LogP contribution is 2.28. The molecule has 2 radical (unpaired) electrons. The maximum absolute atomic E-state index is 14.1. The van der Waals surface area contributed by atoms with Gasteiger partial charge in [0.2, 0.25) is 5.91 Å². The third-order valence-corrected chi connectivity index (χ3v) is 4.15. The highest BCUT2D eigenvalue weighted by Gasteiger charge is 2.30. The van der Waals surface area contributed by atoms with Gasteiger partial charge in [-0.15, -0.1) is 0 Å². The van der Waals surface area contributed by atoms with Crippen LogP contribution in [0.15, 0.2) is 36.4 Å². The summed E-state index contributed by atoms with van der Waals surface area (Å²) in [5.41, 5.74) is 1.49. The molecule has 0 atom stereocenters. The van der Waals surface area contributed by atoms with Gasteiger partial charge in [-0.25, -0.2) is 4.39 Å². The van der Waals surface area contributed by atoms with E-state index in [1.165, 1.54) is 17.0 Å². The molecule has 0 aliphatic carbocycles. The predicted molar refractivity (Wildman–Crippen MR) is 94.1 cm³/mol. The highest BCUT2D eigenvalue weighted by atomic mass is 19.1. The Balaban J connectivity index is 1.77. The molecule has 0 aromatic heterocycles. The molecule has 0 saturated carbocycles. The van der Waals surface area contributed by atoms with Crippen molar-refractivity contribution in [3.8, 4) is 11.5 Å². The molecule has 1 fully saturated rings. The first-order valence-electron chi connectivity index (χ1n) is 7.80. The van der Waals surface area contributed by atoms with Gasteiger partial charge < -0.3 is 9.47 Å². The number of amides is 1. The van der Waals surface area contributed by atoms with Crippen LogP contribution in [0.1, 0.15) is 5.56 Å². The van der Waals surface area contributed by atoms with Gasteiger partial charge in [-0.3, -0.25) is 14.6 Å². The topological polar surface area (TPSA) is 42.0 Å². The fourth-order valence-corrected chi connectivity index (χ4v) is 2.89. The van der Waals surface area contributed by atoms with Gasteiger partial charge in [0.1, 0.15) is 25.2 Å². The molecule has 5 nitrogen and oxygen atoms in total. The normalized spacial score (nSPS) is 14.8. The van der Waals surface area contributed by atoms with Gasteiger partial charge in [0.25, 0.3) is 0 Å². The first-order chi connectivity index (χ1) is 12.0. The van der Waals surface area contributed by atoms with E-state index in [2.05, 4.69) is 0 Å². The van der Waals surface area contributed by atoms with Gasteiger partial charge in [-0.1, -0.05) is 17.6 Å². The molecule has 1 aliphatic heterocycles. The van der Waals surface area contributed by atoms with Crippen LogP contribution in [0.25, 0.3) is 0 Å². The minimum atomic E-state index is -0.503. The molecule has 0 bridgehead atoms. The van der Waals surface area contributed by atoms with Crippen LogP contribution in [0, 0.1) is 5.82 Å². The molecule has 25 heavy (non-hydrogen) atoms. The van der Waals surface area contributed by atoms with E-state index >= 15 is 0 Å². The molecule has 1 saturated heterocycles. The molecule has 0 unspecified atom stereocenters. The summed E-state index contributed by atoms with van der Waals surface area (Å²) in [4.78, 5) is 15.6.